The number of benzene rings is 3. The second kappa shape index (κ2) is 7.64. The summed E-state index contributed by atoms with van der Waals surface area (Å²) in [7, 11) is 1.53. The molecule has 144 valence electrons. The van der Waals surface area contributed by atoms with Crippen molar-refractivity contribution in [1.29, 1.82) is 0 Å². The van der Waals surface area contributed by atoms with Gasteiger partial charge in [-0.2, -0.15) is 0 Å². The van der Waals surface area contributed by atoms with Gasteiger partial charge in [-0.15, -0.1) is 0 Å². The highest BCUT2D eigenvalue weighted by molar-refractivity contribution is 5.92. The molecule has 0 saturated heterocycles. The van der Waals surface area contributed by atoms with E-state index in [1.807, 2.05) is 37.3 Å². The molecule has 0 saturated carbocycles. The fourth-order valence-corrected chi connectivity index (χ4v) is 3.25. The fraction of sp³-hybridized carbons (Fsp3) is 0.0833. The molecule has 4 aromatic rings. The van der Waals surface area contributed by atoms with Crippen LogP contribution in [0.25, 0.3) is 22.1 Å². The summed E-state index contributed by atoms with van der Waals surface area (Å²) in [4.78, 5) is 25.0. The van der Waals surface area contributed by atoms with Crippen LogP contribution in [0.3, 0.4) is 0 Å². The lowest BCUT2D eigenvalue weighted by Gasteiger charge is -2.10. The van der Waals surface area contributed by atoms with E-state index >= 15 is 0 Å². The van der Waals surface area contributed by atoms with Gasteiger partial charge in [0.15, 0.2) is 0 Å². The van der Waals surface area contributed by atoms with Crippen LogP contribution in [-0.4, -0.2) is 13.1 Å². The SMILES string of the molecule is COc1cccc(C(=O)Oc2ccc3c(C)c(-c4ccccc4)c(=O)oc3c2)c1. The number of aryl methyl sites for hydroxylation is 1. The van der Waals surface area contributed by atoms with Crippen molar-refractivity contribution in [1.82, 2.24) is 0 Å². The third kappa shape index (κ3) is 3.62. The lowest BCUT2D eigenvalue weighted by atomic mass is 10.00. The Balaban J connectivity index is 1.70. The first-order chi connectivity index (χ1) is 14.1. The number of carbonyl (C=O) groups excluding carboxylic acids is 1. The van der Waals surface area contributed by atoms with Gasteiger partial charge in [0.05, 0.1) is 18.2 Å². The van der Waals surface area contributed by atoms with Crippen LogP contribution >= 0.6 is 0 Å². The van der Waals surface area contributed by atoms with E-state index in [1.165, 1.54) is 7.11 Å². The van der Waals surface area contributed by atoms with E-state index in [4.69, 9.17) is 13.9 Å². The summed E-state index contributed by atoms with van der Waals surface area (Å²) in [6, 6.07) is 21.1. The average molecular weight is 386 g/mol. The summed E-state index contributed by atoms with van der Waals surface area (Å²) in [5, 5.41) is 0.782. The van der Waals surface area contributed by atoms with Crippen LogP contribution < -0.4 is 15.1 Å². The van der Waals surface area contributed by atoms with Gasteiger partial charge in [0, 0.05) is 11.5 Å². The molecule has 0 aliphatic heterocycles. The largest absolute Gasteiger partial charge is 0.497 e. The van der Waals surface area contributed by atoms with Gasteiger partial charge in [-0.1, -0.05) is 36.4 Å². The van der Waals surface area contributed by atoms with Gasteiger partial charge in [0.1, 0.15) is 17.1 Å². The molecule has 0 radical (unpaired) electrons. The number of ether oxygens (including phenoxy) is 2. The molecule has 0 aliphatic rings. The molecule has 29 heavy (non-hydrogen) atoms. The molecule has 4 rings (SSSR count). The Bertz CT molecular complexity index is 1260. The lowest BCUT2D eigenvalue weighted by molar-refractivity contribution is 0.0734. The van der Waals surface area contributed by atoms with Gasteiger partial charge < -0.3 is 13.9 Å². The Kier molecular flexibility index (Phi) is 4.87. The number of esters is 1. The maximum atomic E-state index is 12.6. The maximum absolute atomic E-state index is 12.6. The number of carbonyl (C=O) groups is 1. The molecular formula is C24H18O5. The topological polar surface area (TPSA) is 65.7 Å². The van der Waals surface area contributed by atoms with Crippen molar-refractivity contribution in [2.24, 2.45) is 0 Å². The number of rotatable bonds is 4. The highest BCUT2D eigenvalue weighted by atomic mass is 16.5. The highest BCUT2D eigenvalue weighted by Crippen LogP contribution is 2.29. The molecular weight excluding hydrogens is 368 g/mol. The van der Waals surface area contributed by atoms with E-state index in [0.717, 1.165) is 16.5 Å². The van der Waals surface area contributed by atoms with Crippen LogP contribution in [0, 0.1) is 6.92 Å². The summed E-state index contributed by atoms with van der Waals surface area (Å²) < 4.78 is 16.1. The van der Waals surface area contributed by atoms with Crippen LogP contribution in [0.15, 0.2) is 82.0 Å². The number of methoxy groups -OCH3 is 1. The van der Waals surface area contributed by atoms with Crippen LogP contribution in [0.1, 0.15) is 15.9 Å². The molecule has 0 N–H and O–H groups in total. The average Bonchev–Trinajstić information content (AvgIpc) is 2.74. The highest BCUT2D eigenvalue weighted by Gasteiger charge is 2.15. The summed E-state index contributed by atoms with van der Waals surface area (Å²) in [6.07, 6.45) is 0. The van der Waals surface area contributed by atoms with Crippen molar-refractivity contribution in [3.05, 3.63) is 94.3 Å². The minimum Gasteiger partial charge on any atom is -0.497 e. The Morgan fingerprint density at radius 3 is 2.45 bits per heavy atom. The van der Waals surface area contributed by atoms with E-state index in [0.29, 0.717) is 28.2 Å². The minimum atomic E-state index is -0.525. The van der Waals surface area contributed by atoms with Gasteiger partial charge in [-0.25, -0.2) is 9.59 Å². The van der Waals surface area contributed by atoms with Gasteiger partial charge in [-0.3, -0.25) is 0 Å². The molecule has 0 fully saturated rings. The number of hydrogen-bond donors (Lipinski definition) is 0. The molecule has 5 heteroatoms. The van der Waals surface area contributed by atoms with E-state index in [2.05, 4.69) is 0 Å². The summed E-state index contributed by atoms with van der Waals surface area (Å²) in [5.74, 6) is 0.330. The predicted octanol–water partition coefficient (Wildman–Crippen LogP) is 5.00. The van der Waals surface area contributed by atoms with Crippen LogP contribution in [0.5, 0.6) is 11.5 Å². The molecule has 0 spiro atoms. The van der Waals surface area contributed by atoms with Crippen molar-refractivity contribution < 1.29 is 18.7 Å². The van der Waals surface area contributed by atoms with Crippen molar-refractivity contribution in [2.45, 2.75) is 6.92 Å². The van der Waals surface area contributed by atoms with Crippen LogP contribution in [-0.2, 0) is 0 Å². The molecule has 5 nitrogen and oxygen atoms in total. The van der Waals surface area contributed by atoms with Crippen molar-refractivity contribution in [2.75, 3.05) is 7.11 Å². The zero-order chi connectivity index (χ0) is 20.4. The Morgan fingerprint density at radius 1 is 0.897 bits per heavy atom. The Morgan fingerprint density at radius 2 is 1.69 bits per heavy atom. The quantitative estimate of drug-likeness (QED) is 0.281. The first-order valence-corrected chi connectivity index (χ1v) is 9.06. The van der Waals surface area contributed by atoms with Crippen molar-refractivity contribution in [3.8, 4) is 22.6 Å². The second-order valence-electron chi connectivity index (χ2n) is 6.53. The molecule has 1 heterocycles. The minimum absolute atomic E-state index is 0.292. The first-order valence-electron chi connectivity index (χ1n) is 9.06. The molecule has 0 atom stereocenters. The van der Waals surface area contributed by atoms with Crippen LogP contribution in [0.2, 0.25) is 0 Å². The summed E-state index contributed by atoms with van der Waals surface area (Å²) in [5.41, 5.74) is 2.43. The van der Waals surface area contributed by atoms with Gasteiger partial charge >= 0.3 is 11.6 Å². The fourth-order valence-electron chi connectivity index (χ4n) is 3.25. The maximum Gasteiger partial charge on any atom is 0.344 e. The number of hydrogen-bond acceptors (Lipinski definition) is 5. The summed E-state index contributed by atoms with van der Waals surface area (Å²) in [6.45, 7) is 1.88. The Labute approximate surface area is 167 Å². The molecule has 0 bridgehead atoms. The molecule has 0 amide bonds. The second-order valence-corrected chi connectivity index (χ2v) is 6.53. The predicted molar refractivity (Wildman–Crippen MR) is 111 cm³/mol. The van der Waals surface area contributed by atoms with E-state index < -0.39 is 11.6 Å². The van der Waals surface area contributed by atoms with E-state index in [1.54, 1.807) is 42.5 Å². The first kappa shape index (κ1) is 18.5. The summed E-state index contributed by atoms with van der Waals surface area (Å²) >= 11 is 0. The van der Waals surface area contributed by atoms with Gasteiger partial charge in [0.2, 0.25) is 0 Å². The zero-order valence-electron chi connectivity index (χ0n) is 16.0. The lowest BCUT2D eigenvalue weighted by Crippen LogP contribution is -2.09. The monoisotopic (exact) mass is 386 g/mol. The van der Waals surface area contributed by atoms with Gasteiger partial charge in [0.25, 0.3) is 0 Å². The third-order valence-electron chi connectivity index (χ3n) is 4.72. The smallest absolute Gasteiger partial charge is 0.344 e. The normalized spacial score (nSPS) is 10.7. The molecule has 3 aromatic carbocycles. The molecule has 0 aliphatic carbocycles. The van der Waals surface area contributed by atoms with Crippen molar-refractivity contribution >= 4 is 16.9 Å². The van der Waals surface area contributed by atoms with Crippen molar-refractivity contribution in [3.63, 3.8) is 0 Å². The zero-order valence-corrected chi connectivity index (χ0v) is 16.0. The number of fused-ring (bicyclic) bond motifs is 1. The van der Waals surface area contributed by atoms with E-state index in [9.17, 15) is 9.59 Å². The van der Waals surface area contributed by atoms with Crippen LogP contribution in [0.4, 0.5) is 0 Å². The third-order valence-corrected chi connectivity index (χ3v) is 4.72. The molecule has 0 unspecified atom stereocenters. The van der Waals surface area contributed by atoms with E-state index in [-0.39, 0.29) is 0 Å². The Hall–Kier alpha value is -3.86. The van der Waals surface area contributed by atoms with Gasteiger partial charge in [-0.05, 0) is 48.4 Å². The standard InChI is InChI=1S/C24H18O5/c1-15-20-12-11-19(28-23(25)17-9-6-10-18(13-17)27-2)14-21(20)29-24(26)22(15)16-7-4-3-5-8-16/h3-14H,1-2H3. The molecule has 1 aromatic heterocycles.